The van der Waals surface area contributed by atoms with Crippen LogP contribution < -0.4 is 11.1 Å². The summed E-state index contributed by atoms with van der Waals surface area (Å²) in [5, 5.41) is 3.30. The molecule has 0 atom stereocenters. The van der Waals surface area contributed by atoms with Gasteiger partial charge in [-0.2, -0.15) is 0 Å². The van der Waals surface area contributed by atoms with E-state index in [2.05, 4.69) is 27.1 Å². The van der Waals surface area contributed by atoms with Gasteiger partial charge in [0.1, 0.15) is 17.2 Å². The molecule has 5 nitrogen and oxygen atoms in total. The van der Waals surface area contributed by atoms with Gasteiger partial charge in [-0.1, -0.05) is 18.1 Å². The standard InChI is InChI=1S/C21H17N5/c1-15-18(22)5-4-6-19(15)25-20-13-16(10-11-23-20)8-9-17-14-24-21-7-2-3-12-26(17)21/h2-7,10-14H,22H2,1H3,(H,23,25). The third-order valence-electron chi connectivity index (χ3n) is 4.15. The van der Waals surface area contributed by atoms with Gasteiger partial charge in [-0.05, 0) is 54.8 Å². The Bertz CT molecular complexity index is 1150. The fraction of sp³-hybridized carbons (Fsp3) is 0.0476. The molecule has 0 amide bonds. The van der Waals surface area contributed by atoms with Crippen molar-refractivity contribution in [2.75, 3.05) is 11.1 Å². The molecular weight excluding hydrogens is 322 g/mol. The summed E-state index contributed by atoms with van der Waals surface area (Å²) in [4.78, 5) is 8.71. The molecule has 0 bridgehead atoms. The first-order valence-electron chi connectivity index (χ1n) is 8.23. The van der Waals surface area contributed by atoms with E-state index in [1.165, 1.54) is 0 Å². The Kier molecular flexibility index (Phi) is 4.00. The van der Waals surface area contributed by atoms with E-state index in [-0.39, 0.29) is 0 Å². The van der Waals surface area contributed by atoms with Crippen LogP contribution in [0.1, 0.15) is 16.8 Å². The third-order valence-corrected chi connectivity index (χ3v) is 4.15. The van der Waals surface area contributed by atoms with Crippen molar-refractivity contribution in [2.24, 2.45) is 0 Å². The Morgan fingerprint density at radius 3 is 2.88 bits per heavy atom. The Hall–Kier alpha value is -3.78. The number of anilines is 3. The van der Waals surface area contributed by atoms with E-state index in [9.17, 15) is 0 Å². The lowest BCUT2D eigenvalue weighted by Gasteiger charge is -2.10. The van der Waals surface area contributed by atoms with E-state index in [0.29, 0.717) is 0 Å². The first-order valence-corrected chi connectivity index (χ1v) is 8.23. The van der Waals surface area contributed by atoms with E-state index in [1.807, 2.05) is 66.1 Å². The molecule has 26 heavy (non-hydrogen) atoms. The largest absolute Gasteiger partial charge is 0.398 e. The van der Waals surface area contributed by atoms with Crippen molar-refractivity contribution in [3.05, 3.63) is 83.9 Å². The van der Waals surface area contributed by atoms with E-state index < -0.39 is 0 Å². The highest BCUT2D eigenvalue weighted by Crippen LogP contribution is 2.23. The molecule has 3 aromatic heterocycles. The fourth-order valence-corrected chi connectivity index (χ4v) is 2.66. The monoisotopic (exact) mass is 339 g/mol. The molecule has 0 spiro atoms. The molecule has 0 radical (unpaired) electrons. The lowest BCUT2D eigenvalue weighted by atomic mass is 10.1. The predicted molar refractivity (Wildman–Crippen MR) is 104 cm³/mol. The molecular formula is C21H17N5. The topological polar surface area (TPSA) is 68.2 Å². The van der Waals surface area contributed by atoms with Gasteiger partial charge in [0.25, 0.3) is 0 Å². The van der Waals surface area contributed by atoms with Crippen LogP contribution in [0.2, 0.25) is 0 Å². The first-order chi connectivity index (χ1) is 12.7. The number of pyridine rings is 2. The minimum absolute atomic E-state index is 0.726. The lowest BCUT2D eigenvalue weighted by molar-refractivity contribution is 1.16. The fourth-order valence-electron chi connectivity index (χ4n) is 2.66. The first kappa shape index (κ1) is 15.7. The van der Waals surface area contributed by atoms with E-state index in [4.69, 9.17) is 5.73 Å². The zero-order chi connectivity index (χ0) is 17.9. The SMILES string of the molecule is Cc1c(N)cccc1Nc1cc(C#Cc2cnc3ccccn23)ccn1. The van der Waals surface area contributed by atoms with Crippen LogP contribution in [0, 0.1) is 18.8 Å². The predicted octanol–water partition coefficient (Wildman–Crippen LogP) is 3.76. The summed E-state index contributed by atoms with van der Waals surface area (Å²) in [5.41, 5.74) is 11.2. The summed E-state index contributed by atoms with van der Waals surface area (Å²) in [6.07, 6.45) is 5.47. The number of nitrogens with zero attached hydrogens (tertiary/aromatic N) is 3. The van der Waals surface area contributed by atoms with Crippen molar-refractivity contribution >= 4 is 22.8 Å². The van der Waals surface area contributed by atoms with Crippen LogP contribution in [0.3, 0.4) is 0 Å². The van der Waals surface area contributed by atoms with Gasteiger partial charge in [0, 0.05) is 29.3 Å². The average molecular weight is 339 g/mol. The second kappa shape index (κ2) is 6.61. The second-order valence-electron chi connectivity index (χ2n) is 5.90. The van der Waals surface area contributed by atoms with Gasteiger partial charge in [0.2, 0.25) is 0 Å². The van der Waals surface area contributed by atoms with Crippen LogP contribution in [0.15, 0.2) is 67.1 Å². The highest BCUT2D eigenvalue weighted by molar-refractivity contribution is 5.68. The zero-order valence-electron chi connectivity index (χ0n) is 14.3. The summed E-state index contributed by atoms with van der Waals surface area (Å²) in [7, 11) is 0. The smallest absolute Gasteiger partial charge is 0.137 e. The highest BCUT2D eigenvalue weighted by atomic mass is 15.0. The number of aromatic nitrogens is 3. The van der Waals surface area contributed by atoms with E-state index in [1.54, 1.807) is 12.4 Å². The molecule has 0 unspecified atom stereocenters. The minimum Gasteiger partial charge on any atom is -0.398 e. The number of nitrogens with one attached hydrogen (secondary N) is 1. The maximum Gasteiger partial charge on any atom is 0.137 e. The number of imidazole rings is 1. The molecule has 0 aliphatic heterocycles. The van der Waals surface area contributed by atoms with Crippen LogP contribution in [0.25, 0.3) is 5.65 Å². The van der Waals surface area contributed by atoms with E-state index >= 15 is 0 Å². The quantitative estimate of drug-likeness (QED) is 0.431. The molecule has 0 saturated carbocycles. The average Bonchev–Trinajstić information content (AvgIpc) is 3.07. The number of fused-ring (bicyclic) bond motifs is 1. The van der Waals surface area contributed by atoms with Crippen LogP contribution >= 0.6 is 0 Å². The normalized spacial score (nSPS) is 10.3. The molecule has 0 saturated heterocycles. The molecule has 4 aromatic rings. The highest BCUT2D eigenvalue weighted by Gasteiger charge is 2.03. The summed E-state index contributed by atoms with van der Waals surface area (Å²) in [6.45, 7) is 1.98. The Balaban J connectivity index is 1.62. The van der Waals surface area contributed by atoms with Crippen molar-refractivity contribution in [1.29, 1.82) is 0 Å². The molecule has 4 rings (SSSR count). The van der Waals surface area contributed by atoms with Crippen molar-refractivity contribution in [1.82, 2.24) is 14.4 Å². The van der Waals surface area contributed by atoms with Gasteiger partial charge in [-0.25, -0.2) is 9.97 Å². The number of nitrogens with two attached hydrogens (primary N) is 1. The molecule has 3 heterocycles. The maximum atomic E-state index is 5.96. The van der Waals surface area contributed by atoms with Gasteiger partial charge in [-0.3, -0.25) is 4.40 Å². The van der Waals surface area contributed by atoms with Crippen molar-refractivity contribution < 1.29 is 0 Å². The van der Waals surface area contributed by atoms with Gasteiger partial charge < -0.3 is 11.1 Å². The summed E-state index contributed by atoms with van der Waals surface area (Å²) in [6, 6.07) is 15.4. The number of nitrogen functional groups attached to an aromatic ring is 1. The maximum absolute atomic E-state index is 5.96. The summed E-state index contributed by atoms with van der Waals surface area (Å²) < 4.78 is 1.96. The molecule has 0 fully saturated rings. The van der Waals surface area contributed by atoms with Gasteiger partial charge in [0.05, 0.1) is 6.20 Å². The van der Waals surface area contributed by atoms with E-state index in [0.717, 1.165) is 39.7 Å². The molecule has 3 N–H and O–H groups in total. The van der Waals surface area contributed by atoms with Crippen molar-refractivity contribution in [2.45, 2.75) is 6.92 Å². The van der Waals surface area contributed by atoms with Crippen LogP contribution in [-0.2, 0) is 0 Å². The molecule has 126 valence electrons. The molecule has 5 heteroatoms. The Labute approximate surface area is 151 Å². The zero-order valence-corrected chi connectivity index (χ0v) is 14.3. The summed E-state index contributed by atoms with van der Waals surface area (Å²) >= 11 is 0. The second-order valence-corrected chi connectivity index (χ2v) is 5.90. The molecule has 0 aliphatic rings. The molecule has 1 aromatic carbocycles. The van der Waals surface area contributed by atoms with Gasteiger partial charge in [0.15, 0.2) is 0 Å². The number of hydrogen-bond acceptors (Lipinski definition) is 4. The molecule has 0 aliphatic carbocycles. The lowest BCUT2D eigenvalue weighted by Crippen LogP contribution is -1.98. The van der Waals surface area contributed by atoms with Crippen LogP contribution in [0.4, 0.5) is 17.2 Å². The van der Waals surface area contributed by atoms with Gasteiger partial charge in [-0.15, -0.1) is 0 Å². The number of rotatable bonds is 2. The van der Waals surface area contributed by atoms with Crippen molar-refractivity contribution in [3.63, 3.8) is 0 Å². The van der Waals surface area contributed by atoms with Crippen LogP contribution in [-0.4, -0.2) is 14.4 Å². The Morgan fingerprint density at radius 2 is 1.96 bits per heavy atom. The number of benzene rings is 1. The van der Waals surface area contributed by atoms with Gasteiger partial charge >= 0.3 is 0 Å². The Morgan fingerprint density at radius 1 is 1.04 bits per heavy atom. The number of hydrogen-bond donors (Lipinski definition) is 2. The minimum atomic E-state index is 0.726. The summed E-state index contributed by atoms with van der Waals surface area (Å²) in [5.74, 6) is 7.07. The van der Waals surface area contributed by atoms with Crippen LogP contribution in [0.5, 0.6) is 0 Å². The third kappa shape index (κ3) is 3.08. The van der Waals surface area contributed by atoms with Crippen molar-refractivity contribution in [3.8, 4) is 11.8 Å².